The third-order valence-electron chi connectivity index (χ3n) is 8.31. The molecule has 1 aliphatic carbocycles. The summed E-state index contributed by atoms with van der Waals surface area (Å²) >= 11 is 0. The third kappa shape index (κ3) is 3.91. The first kappa shape index (κ1) is 23.6. The molecule has 3 heterocycles. The second-order valence-corrected chi connectivity index (χ2v) is 12.2. The predicted octanol–water partition coefficient (Wildman–Crippen LogP) is 2.93. The van der Waals surface area contributed by atoms with Gasteiger partial charge in [0.15, 0.2) is 0 Å². The molecule has 0 radical (unpaired) electrons. The predicted molar refractivity (Wildman–Crippen MR) is 130 cm³/mol. The Bertz CT molecular complexity index is 1180. The molecule has 8 nitrogen and oxygen atoms in total. The summed E-state index contributed by atoms with van der Waals surface area (Å²) in [6, 6.07) is 5.50. The number of hydrogen-bond donors (Lipinski definition) is 2. The number of carbonyl (C=O) groups is 1. The van der Waals surface area contributed by atoms with Crippen LogP contribution in [-0.2, 0) is 20.2 Å². The summed E-state index contributed by atoms with van der Waals surface area (Å²) in [5.41, 5.74) is 2.57. The number of methoxy groups -OCH3 is 1. The molecule has 0 bridgehead atoms. The van der Waals surface area contributed by atoms with Crippen LogP contribution in [0.2, 0.25) is 0 Å². The Kier molecular flexibility index (Phi) is 6.14. The van der Waals surface area contributed by atoms with Crippen LogP contribution in [0.15, 0.2) is 18.2 Å². The number of rotatable bonds is 4. The number of fused-ring (bicyclic) bond motifs is 4. The molecule has 2 aliphatic heterocycles. The van der Waals surface area contributed by atoms with Crippen LogP contribution < -0.4 is 4.74 Å². The van der Waals surface area contributed by atoms with Crippen molar-refractivity contribution in [2.75, 3.05) is 39.6 Å². The van der Waals surface area contributed by atoms with Gasteiger partial charge in [0, 0.05) is 53.6 Å². The lowest BCUT2D eigenvalue weighted by molar-refractivity contribution is -0.142. The fourth-order valence-electron chi connectivity index (χ4n) is 6.48. The number of ether oxygens (including phenoxy) is 1. The van der Waals surface area contributed by atoms with Crippen LogP contribution in [0.5, 0.6) is 5.75 Å². The summed E-state index contributed by atoms with van der Waals surface area (Å²) in [5.74, 6) is 0.871. The van der Waals surface area contributed by atoms with Crippen molar-refractivity contribution in [1.29, 1.82) is 0 Å². The van der Waals surface area contributed by atoms with Gasteiger partial charge in [0.05, 0.1) is 26.0 Å². The lowest BCUT2D eigenvalue weighted by Gasteiger charge is -2.50. The number of aliphatic hydroxyl groups is 1. The van der Waals surface area contributed by atoms with Crippen molar-refractivity contribution in [2.24, 2.45) is 5.92 Å². The number of H-pyrrole nitrogens is 1. The minimum Gasteiger partial charge on any atom is -0.497 e. The summed E-state index contributed by atoms with van der Waals surface area (Å²) in [7, 11) is -1.64. The second-order valence-electron chi connectivity index (χ2n) is 10.3. The fourth-order valence-corrected chi connectivity index (χ4v) is 7.32. The normalized spacial score (nSPS) is 23.9. The largest absolute Gasteiger partial charge is 0.497 e. The number of carbonyl (C=O) groups excluding carboxylic acids is 1. The quantitative estimate of drug-likeness (QED) is 0.688. The minimum absolute atomic E-state index is 0.00183. The van der Waals surface area contributed by atoms with Crippen molar-refractivity contribution in [2.45, 2.75) is 56.4 Å². The van der Waals surface area contributed by atoms with Gasteiger partial charge in [0.1, 0.15) is 5.75 Å². The Balaban J connectivity index is 1.61. The van der Waals surface area contributed by atoms with Crippen molar-refractivity contribution >= 4 is 26.8 Å². The average Bonchev–Trinajstić information content (AvgIpc) is 3.23. The lowest BCUT2D eigenvalue weighted by atomic mass is 9.68. The van der Waals surface area contributed by atoms with Crippen molar-refractivity contribution in [3.05, 3.63) is 29.5 Å². The van der Waals surface area contributed by atoms with Crippen LogP contribution in [0.1, 0.15) is 62.2 Å². The van der Waals surface area contributed by atoms with E-state index in [9.17, 15) is 18.3 Å². The maximum absolute atomic E-state index is 13.8. The van der Waals surface area contributed by atoms with Gasteiger partial charge in [-0.2, -0.15) is 0 Å². The van der Waals surface area contributed by atoms with Crippen LogP contribution in [0.25, 0.3) is 10.9 Å². The molecule has 2 N–H and O–H groups in total. The molecule has 9 heteroatoms. The number of amides is 1. The Morgan fingerprint density at radius 1 is 1.21 bits per heavy atom. The van der Waals surface area contributed by atoms with Crippen molar-refractivity contribution < 1.29 is 23.1 Å². The van der Waals surface area contributed by atoms with E-state index >= 15 is 0 Å². The molecule has 1 aromatic carbocycles. The Labute approximate surface area is 201 Å². The molecule has 34 heavy (non-hydrogen) atoms. The molecule has 1 saturated heterocycles. The van der Waals surface area contributed by atoms with Gasteiger partial charge < -0.3 is 19.7 Å². The topological polar surface area (TPSA) is 103 Å². The number of piperidine rings is 1. The van der Waals surface area contributed by atoms with E-state index in [1.165, 1.54) is 12.7 Å². The molecule has 1 saturated carbocycles. The summed E-state index contributed by atoms with van der Waals surface area (Å²) < 4.78 is 31.4. The molecule has 2 aromatic rings. The van der Waals surface area contributed by atoms with Gasteiger partial charge in [0.25, 0.3) is 0 Å². The molecule has 1 amide bonds. The third-order valence-corrected chi connectivity index (χ3v) is 9.61. The summed E-state index contributed by atoms with van der Waals surface area (Å²) in [4.78, 5) is 19.2. The van der Waals surface area contributed by atoms with Crippen LogP contribution in [0.3, 0.4) is 0 Å². The SMILES string of the molecule is COc1ccc2c3c([nH]c2c1)[C@@H](CO)N(C(=O)C1CCCCC1)CC31CCN(S(C)(=O)=O)CC1. The monoisotopic (exact) mass is 489 g/mol. The first-order valence-electron chi connectivity index (χ1n) is 12.3. The number of aromatic nitrogens is 1. The number of nitrogens with one attached hydrogen (secondary N) is 1. The maximum atomic E-state index is 13.8. The first-order chi connectivity index (χ1) is 16.3. The van der Waals surface area contributed by atoms with E-state index in [4.69, 9.17) is 4.74 Å². The zero-order chi connectivity index (χ0) is 24.1. The molecular weight excluding hydrogens is 454 g/mol. The van der Waals surface area contributed by atoms with Gasteiger partial charge in [-0.3, -0.25) is 4.79 Å². The van der Waals surface area contributed by atoms with Gasteiger partial charge in [-0.15, -0.1) is 0 Å². The number of hydrogen-bond acceptors (Lipinski definition) is 5. The Hall–Kier alpha value is -2.10. The molecule has 186 valence electrons. The van der Waals surface area contributed by atoms with Crippen molar-refractivity contribution in [3.63, 3.8) is 0 Å². The van der Waals surface area contributed by atoms with Crippen LogP contribution in [0, 0.1) is 5.92 Å². The molecule has 3 aliphatic rings. The number of aromatic amines is 1. The Morgan fingerprint density at radius 2 is 1.91 bits per heavy atom. The summed E-state index contributed by atoms with van der Waals surface area (Å²) in [5, 5.41) is 11.6. The highest BCUT2D eigenvalue weighted by molar-refractivity contribution is 7.88. The lowest BCUT2D eigenvalue weighted by Crippen LogP contribution is -2.56. The van der Waals surface area contributed by atoms with Crippen LogP contribution in [-0.4, -0.2) is 73.2 Å². The molecule has 1 atom stereocenters. The summed E-state index contributed by atoms with van der Waals surface area (Å²) in [6.07, 6.45) is 7.65. The van der Waals surface area contributed by atoms with Crippen LogP contribution >= 0.6 is 0 Å². The second kappa shape index (κ2) is 8.84. The van der Waals surface area contributed by atoms with E-state index in [0.717, 1.165) is 53.6 Å². The highest BCUT2D eigenvalue weighted by Crippen LogP contribution is 2.50. The zero-order valence-electron chi connectivity index (χ0n) is 20.0. The van der Waals surface area contributed by atoms with E-state index in [0.29, 0.717) is 32.5 Å². The van der Waals surface area contributed by atoms with E-state index in [2.05, 4.69) is 4.98 Å². The number of nitrogens with zero attached hydrogens (tertiary/aromatic N) is 2. The van der Waals surface area contributed by atoms with Gasteiger partial charge in [0.2, 0.25) is 15.9 Å². The molecular formula is C25H35N3O5S. The highest BCUT2D eigenvalue weighted by atomic mass is 32.2. The molecule has 1 aromatic heterocycles. The maximum Gasteiger partial charge on any atom is 0.226 e. The molecule has 0 unspecified atom stereocenters. The number of benzene rings is 1. The smallest absolute Gasteiger partial charge is 0.226 e. The zero-order valence-corrected chi connectivity index (χ0v) is 20.9. The highest BCUT2D eigenvalue weighted by Gasteiger charge is 2.50. The number of sulfonamides is 1. The van der Waals surface area contributed by atoms with Gasteiger partial charge in [-0.05, 0) is 43.4 Å². The van der Waals surface area contributed by atoms with E-state index in [-0.39, 0.29) is 23.8 Å². The van der Waals surface area contributed by atoms with Crippen molar-refractivity contribution in [3.8, 4) is 5.75 Å². The van der Waals surface area contributed by atoms with Gasteiger partial charge >= 0.3 is 0 Å². The average molecular weight is 490 g/mol. The number of aliphatic hydroxyl groups excluding tert-OH is 1. The van der Waals surface area contributed by atoms with Gasteiger partial charge in [-0.1, -0.05) is 19.3 Å². The molecule has 5 rings (SSSR count). The fraction of sp³-hybridized carbons (Fsp3) is 0.640. The van der Waals surface area contributed by atoms with E-state index in [1.54, 1.807) is 11.4 Å². The summed E-state index contributed by atoms with van der Waals surface area (Å²) in [6.45, 7) is 1.21. The molecule has 2 fully saturated rings. The van der Waals surface area contributed by atoms with E-state index < -0.39 is 16.1 Å². The minimum atomic E-state index is -3.27. The van der Waals surface area contributed by atoms with E-state index in [1.807, 2.05) is 23.1 Å². The standard InChI is InChI=1S/C25H35N3O5S/c1-33-18-8-9-19-20(14-18)26-23-21(15-29)28(24(30)17-6-4-3-5-7-17)16-25(22(19)23)10-12-27(13-11-25)34(2,31)32/h8-9,14,17,21,26,29H,3-7,10-13,15-16H2,1-2H3/t21-/m1/s1. The molecule has 1 spiro atoms. The Morgan fingerprint density at radius 3 is 2.53 bits per heavy atom. The van der Waals surface area contributed by atoms with Crippen LogP contribution in [0.4, 0.5) is 0 Å². The van der Waals surface area contributed by atoms with Gasteiger partial charge in [-0.25, -0.2) is 12.7 Å². The first-order valence-corrected chi connectivity index (χ1v) is 14.2. The van der Waals surface area contributed by atoms with Crippen molar-refractivity contribution in [1.82, 2.24) is 14.2 Å².